The molecule has 1 unspecified atom stereocenters. The van der Waals surface area contributed by atoms with Crippen molar-refractivity contribution < 1.29 is 27.8 Å². The minimum atomic E-state index is -4.11. The topological polar surface area (TPSA) is 84.9 Å². The van der Waals surface area contributed by atoms with Gasteiger partial charge in [0.2, 0.25) is 5.91 Å². The predicted octanol–water partition coefficient (Wildman–Crippen LogP) is 6.20. The van der Waals surface area contributed by atoms with Gasteiger partial charge in [0.1, 0.15) is 13.2 Å². The number of phosphoric acid groups is 1. The predicted molar refractivity (Wildman–Crippen MR) is 137 cm³/mol. The molecule has 0 aromatic carbocycles. The maximum Gasteiger partial charge on any atom is 0.472 e. The van der Waals surface area contributed by atoms with Crippen LogP contribution in [0.25, 0.3) is 0 Å². The number of unbranched alkanes of at least 4 members (excludes halogenated alkanes) is 13. The summed E-state index contributed by atoms with van der Waals surface area (Å²) in [6.07, 6.45) is 18.9. The van der Waals surface area contributed by atoms with E-state index in [4.69, 9.17) is 9.05 Å². The molecule has 2 atom stereocenters. The molecule has 0 heterocycles. The summed E-state index contributed by atoms with van der Waals surface area (Å²) in [6, 6.07) is -0.276. The zero-order valence-electron chi connectivity index (χ0n) is 22.3. The van der Waals surface area contributed by atoms with E-state index in [9.17, 15) is 14.3 Å². The third-order valence-corrected chi connectivity index (χ3v) is 6.75. The third-order valence-electron chi connectivity index (χ3n) is 5.77. The van der Waals surface area contributed by atoms with Crippen molar-refractivity contribution in [2.45, 2.75) is 116 Å². The number of nitrogens with zero attached hydrogens (tertiary/aromatic N) is 1. The van der Waals surface area contributed by atoms with Gasteiger partial charge in [-0.25, -0.2) is 4.57 Å². The third kappa shape index (κ3) is 24.5. The molecule has 2 N–H and O–H groups in total. The molecule has 0 aromatic rings. The molecule has 198 valence electrons. The lowest BCUT2D eigenvalue weighted by atomic mass is 10.0. The largest absolute Gasteiger partial charge is 0.472 e. The number of phosphoric ester groups is 1. The van der Waals surface area contributed by atoms with Gasteiger partial charge >= 0.3 is 7.82 Å². The Kier molecular flexibility index (Phi) is 19.5. The van der Waals surface area contributed by atoms with E-state index in [2.05, 4.69) is 12.2 Å². The summed E-state index contributed by atoms with van der Waals surface area (Å²) in [5.74, 6) is -0.160. The van der Waals surface area contributed by atoms with Crippen molar-refractivity contribution in [1.82, 2.24) is 5.32 Å². The van der Waals surface area contributed by atoms with Crippen molar-refractivity contribution in [3.63, 3.8) is 0 Å². The van der Waals surface area contributed by atoms with Gasteiger partial charge in [0.05, 0.1) is 33.8 Å². The highest BCUT2D eigenvalue weighted by Crippen LogP contribution is 2.43. The van der Waals surface area contributed by atoms with E-state index < -0.39 is 7.82 Å². The van der Waals surface area contributed by atoms with Crippen LogP contribution >= 0.6 is 7.82 Å². The summed E-state index contributed by atoms with van der Waals surface area (Å²) in [4.78, 5) is 21.4. The number of hydrogen-bond acceptors (Lipinski definition) is 4. The van der Waals surface area contributed by atoms with E-state index in [1.54, 1.807) is 0 Å². The molecule has 0 aliphatic heterocycles. The van der Waals surface area contributed by atoms with Crippen LogP contribution in [-0.4, -0.2) is 62.2 Å². The molecule has 0 rings (SSSR count). The highest BCUT2D eigenvalue weighted by molar-refractivity contribution is 7.47. The van der Waals surface area contributed by atoms with Crippen LogP contribution in [0.2, 0.25) is 0 Å². The Bertz CT molecular complexity index is 525. The van der Waals surface area contributed by atoms with Crippen LogP contribution in [0, 0.1) is 0 Å². The van der Waals surface area contributed by atoms with E-state index in [0.717, 1.165) is 19.3 Å². The van der Waals surface area contributed by atoms with Crippen molar-refractivity contribution in [3.05, 3.63) is 0 Å². The molecule has 0 saturated heterocycles. The van der Waals surface area contributed by atoms with Gasteiger partial charge < -0.3 is 14.7 Å². The summed E-state index contributed by atoms with van der Waals surface area (Å²) >= 11 is 0. The summed E-state index contributed by atoms with van der Waals surface area (Å²) in [6.45, 7) is 4.44. The van der Waals surface area contributed by atoms with Gasteiger partial charge in [-0.1, -0.05) is 96.8 Å². The zero-order chi connectivity index (χ0) is 25.0. The lowest BCUT2D eigenvalue weighted by Crippen LogP contribution is -2.38. The van der Waals surface area contributed by atoms with Crippen LogP contribution in [-0.2, 0) is 18.4 Å². The second kappa shape index (κ2) is 19.8. The van der Waals surface area contributed by atoms with E-state index in [0.29, 0.717) is 11.0 Å². The molecule has 0 fully saturated rings. The lowest BCUT2D eigenvalue weighted by molar-refractivity contribution is -0.870. The van der Waals surface area contributed by atoms with Crippen molar-refractivity contribution in [1.29, 1.82) is 0 Å². The Balaban J connectivity index is 3.85. The standard InChI is InChI=1S/C25H53N2O5P/c1-6-7-8-9-10-11-12-13-14-15-16-17-18-19-20-25(26-24(2)28)23-32-33(29,30)31-22-21-27(3,4)5/h25H,6-23H2,1-5H3,(H-,26,28,29,30)/p+1/t25-/m1/s1. The minimum absolute atomic E-state index is 0.0177. The molecule has 33 heavy (non-hydrogen) atoms. The fourth-order valence-corrected chi connectivity index (χ4v) is 4.48. The molecule has 0 bridgehead atoms. The molecule has 0 radical (unpaired) electrons. The summed E-state index contributed by atoms with van der Waals surface area (Å²) in [5, 5.41) is 2.82. The van der Waals surface area contributed by atoms with Crippen molar-refractivity contribution in [2.24, 2.45) is 0 Å². The second-order valence-electron chi connectivity index (χ2n) is 10.4. The van der Waals surface area contributed by atoms with Gasteiger partial charge in [-0.15, -0.1) is 0 Å². The van der Waals surface area contributed by atoms with Crippen LogP contribution in [0.1, 0.15) is 110 Å². The number of quaternary nitrogens is 1. The Labute approximate surface area is 204 Å². The Hall–Kier alpha value is -0.460. The molecule has 8 heteroatoms. The minimum Gasteiger partial charge on any atom is -0.351 e. The summed E-state index contributed by atoms with van der Waals surface area (Å²) < 4.78 is 22.9. The monoisotopic (exact) mass is 493 g/mol. The fraction of sp³-hybridized carbons (Fsp3) is 0.960. The summed E-state index contributed by atoms with van der Waals surface area (Å²) in [7, 11) is 1.84. The smallest absolute Gasteiger partial charge is 0.351 e. The van der Waals surface area contributed by atoms with Crippen LogP contribution in [0.3, 0.4) is 0 Å². The molecular weight excluding hydrogens is 439 g/mol. The number of likely N-dealkylation sites (N-methyl/N-ethyl adjacent to an activating group) is 1. The first-order valence-corrected chi connectivity index (χ1v) is 14.7. The van der Waals surface area contributed by atoms with Gasteiger partial charge in [0, 0.05) is 6.92 Å². The van der Waals surface area contributed by atoms with E-state index in [-0.39, 0.29) is 25.2 Å². The van der Waals surface area contributed by atoms with Crippen molar-refractivity contribution in [3.8, 4) is 0 Å². The Morgan fingerprint density at radius 1 is 0.848 bits per heavy atom. The first kappa shape index (κ1) is 32.5. The van der Waals surface area contributed by atoms with Crippen molar-refractivity contribution >= 4 is 13.7 Å². The molecule has 7 nitrogen and oxygen atoms in total. The Morgan fingerprint density at radius 2 is 1.30 bits per heavy atom. The van der Waals surface area contributed by atoms with Gasteiger partial charge in [-0.3, -0.25) is 13.8 Å². The molecule has 0 aromatic heterocycles. The number of rotatable bonds is 23. The van der Waals surface area contributed by atoms with Gasteiger partial charge in [0.25, 0.3) is 0 Å². The first-order chi connectivity index (χ1) is 15.6. The molecule has 0 spiro atoms. The average Bonchev–Trinajstić information content (AvgIpc) is 2.70. The second-order valence-corrected chi connectivity index (χ2v) is 11.8. The van der Waals surface area contributed by atoms with Crippen LogP contribution in [0.4, 0.5) is 0 Å². The lowest BCUT2D eigenvalue weighted by Gasteiger charge is -2.24. The normalized spacial score (nSPS) is 14.7. The van der Waals surface area contributed by atoms with Gasteiger partial charge in [-0.05, 0) is 6.42 Å². The van der Waals surface area contributed by atoms with Gasteiger partial charge in [0.15, 0.2) is 0 Å². The molecule has 1 amide bonds. The van der Waals surface area contributed by atoms with E-state index >= 15 is 0 Å². The number of hydrogen-bond donors (Lipinski definition) is 2. The molecule has 0 aliphatic rings. The highest BCUT2D eigenvalue weighted by Gasteiger charge is 2.24. The number of nitrogens with one attached hydrogen (secondary N) is 1. The molecule has 0 aliphatic carbocycles. The highest BCUT2D eigenvalue weighted by atomic mass is 31.2. The number of carbonyl (C=O) groups excluding carboxylic acids is 1. The van der Waals surface area contributed by atoms with Crippen LogP contribution < -0.4 is 5.32 Å². The Morgan fingerprint density at radius 3 is 1.73 bits per heavy atom. The molecule has 0 saturated carbocycles. The maximum atomic E-state index is 12.1. The van der Waals surface area contributed by atoms with E-state index in [1.807, 2.05) is 21.1 Å². The SMILES string of the molecule is CCCCCCCCCCCCCCCC[C@H](COP(=O)(O)OCC[N+](C)(C)C)NC(C)=O. The zero-order valence-corrected chi connectivity index (χ0v) is 23.2. The maximum absolute atomic E-state index is 12.1. The first-order valence-electron chi connectivity index (χ1n) is 13.2. The quantitative estimate of drug-likeness (QED) is 0.101. The van der Waals surface area contributed by atoms with Crippen LogP contribution in [0.5, 0.6) is 0 Å². The van der Waals surface area contributed by atoms with Crippen molar-refractivity contribution in [2.75, 3.05) is 40.9 Å². The van der Waals surface area contributed by atoms with E-state index in [1.165, 1.54) is 84.0 Å². The number of carbonyl (C=O) groups is 1. The molecular formula is C25H54N2O5P+. The van der Waals surface area contributed by atoms with Crippen LogP contribution in [0.15, 0.2) is 0 Å². The average molecular weight is 494 g/mol. The van der Waals surface area contributed by atoms with Gasteiger partial charge in [-0.2, -0.15) is 0 Å². The summed E-state index contributed by atoms with van der Waals surface area (Å²) in [5.41, 5.74) is 0. The number of amides is 1. The fourth-order valence-electron chi connectivity index (χ4n) is 3.72.